The van der Waals surface area contributed by atoms with Gasteiger partial charge in [0.15, 0.2) is 12.4 Å². The van der Waals surface area contributed by atoms with E-state index >= 15 is 0 Å². The molecular formula is C25H18ClNO5S. The molecule has 1 atom stereocenters. The van der Waals surface area contributed by atoms with Crippen LogP contribution in [0.3, 0.4) is 0 Å². The zero-order chi connectivity index (χ0) is 23.4. The number of Topliss-reactive ketones (excluding diaryl/α,β-unsaturated/α-hetero) is 1. The number of amides is 2. The highest BCUT2D eigenvalue weighted by atomic mass is 35.5. The van der Waals surface area contributed by atoms with Crippen LogP contribution in [0.4, 0.5) is 5.69 Å². The van der Waals surface area contributed by atoms with Crippen molar-refractivity contribution in [3.63, 3.8) is 0 Å². The van der Waals surface area contributed by atoms with Crippen LogP contribution < -0.4 is 4.90 Å². The number of carbonyl (C=O) groups excluding carboxylic acids is 4. The lowest BCUT2D eigenvalue weighted by Gasteiger charge is -2.15. The minimum Gasteiger partial charge on any atom is -0.454 e. The van der Waals surface area contributed by atoms with E-state index in [2.05, 4.69) is 0 Å². The van der Waals surface area contributed by atoms with Crippen molar-refractivity contribution in [2.24, 2.45) is 0 Å². The molecule has 4 rings (SSSR count). The van der Waals surface area contributed by atoms with Gasteiger partial charge in [-0.1, -0.05) is 41.9 Å². The molecule has 3 aromatic rings. The summed E-state index contributed by atoms with van der Waals surface area (Å²) in [6.45, 7) is -0.378. The number of hydrogen-bond acceptors (Lipinski definition) is 6. The molecule has 0 radical (unpaired) electrons. The molecule has 1 fully saturated rings. The van der Waals surface area contributed by atoms with Gasteiger partial charge in [-0.05, 0) is 48.5 Å². The summed E-state index contributed by atoms with van der Waals surface area (Å²) in [4.78, 5) is 51.7. The van der Waals surface area contributed by atoms with Gasteiger partial charge in [0, 0.05) is 21.9 Å². The topological polar surface area (TPSA) is 80.8 Å². The zero-order valence-electron chi connectivity index (χ0n) is 17.3. The van der Waals surface area contributed by atoms with Crippen molar-refractivity contribution in [2.45, 2.75) is 16.6 Å². The van der Waals surface area contributed by atoms with Gasteiger partial charge >= 0.3 is 5.97 Å². The molecule has 3 aromatic carbocycles. The van der Waals surface area contributed by atoms with E-state index in [1.165, 1.54) is 36.0 Å². The molecule has 1 aliphatic heterocycles. The normalized spacial score (nSPS) is 15.5. The average molecular weight is 480 g/mol. The second kappa shape index (κ2) is 10.0. The number of nitrogens with zero attached hydrogens (tertiary/aromatic N) is 1. The van der Waals surface area contributed by atoms with Gasteiger partial charge in [-0.25, -0.2) is 9.69 Å². The number of ether oxygens (including phenoxy) is 1. The lowest BCUT2D eigenvalue weighted by atomic mass is 10.1. The number of hydrogen-bond donors (Lipinski definition) is 0. The Kier molecular flexibility index (Phi) is 6.91. The third-order valence-electron chi connectivity index (χ3n) is 4.99. The smallest absolute Gasteiger partial charge is 0.338 e. The summed E-state index contributed by atoms with van der Waals surface area (Å²) in [6.07, 6.45) is 0.0809. The van der Waals surface area contributed by atoms with E-state index in [9.17, 15) is 19.2 Å². The fourth-order valence-electron chi connectivity index (χ4n) is 3.31. The molecule has 166 valence electrons. The molecule has 0 N–H and O–H groups in total. The molecule has 0 bridgehead atoms. The summed E-state index contributed by atoms with van der Waals surface area (Å²) in [7, 11) is 0. The monoisotopic (exact) mass is 479 g/mol. The number of rotatable bonds is 7. The van der Waals surface area contributed by atoms with Gasteiger partial charge in [0.1, 0.15) is 0 Å². The summed E-state index contributed by atoms with van der Waals surface area (Å²) in [5, 5.41) is 0.0603. The van der Waals surface area contributed by atoms with Crippen molar-refractivity contribution in [2.75, 3.05) is 11.5 Å². The Hall–Kier alpha value is -3.42. The molecule has 1 saturated heterocycles. The predicted molar refractivity (Wildman–Crippen MR) is 126 cm³/mol. The highest BCUT2D eigenvalue weighted by Gasteiger charge is 2.40. The van der Waals surface area contributed by atoms with E-state index in [0.29, 0.717) is 16.3 Å². The van der Waals surface area contributed by atoms with Crippen LogP contribution in [-0.2, 0) is 14.3 Å². The number of imide groups is 1. The van der Waals surface area contributed by atoms with Crippen molar-refractivity contribution >= 4 is 52.6 Å². The maximum atomic E-state index is 12.8. The van der Waals surface area contributed by atoms with Crippen LogP contribution >= 0.6 is 23.4 Å². The number of thioether (sulfide) groups is 1. The fourth-order valence-corrected chi connectivity index (χ4v) is 4.49. The maximum absolute atomic E-state index is 12.8. The van der Waals surface area contributed by atoms with Gasteiger partial charge < -0.3 is 4.74 Å². The van der Waals surface area contributed by atoms with E-state index in [1.807, 2.05) is 0 Å². The standard InChI is InChI=1S/C25H18ClNO5S/c26-18-8-12-20(13-9-18)33-22-14-23(29)27(24(22)30)19-10-6-17(7-11-19)25(31)32-15-21(28)16-4-2-1-3-5-16/h1-13,22H,14-15H2. The van der Waals surface area contributed by atoms with E-state index in [1.54, 1.807) is 54.6 Å². The Balaban J connectivity index is 1.38. The molecule has 6 nitrogen and oxygen atoms in total. The van der Waals surface area contributed by atoms with Gasteiger partial charge in [0.25, 0.3) is 0 Å². The fraction of sp³-hybridized carbons (Fsp3) is 0.120. The minimum atomic E-state index is -0.666. The molecule has 2 amide bonds. The number of ketones is 1. The quantitative estimate of drug-likeness (QED) is 0.275. The third kappa shape index (κ3) is 5.32. The highest BCUT2D eigenvalue weighted by Crippen LogP contribution is 2.34. The van der Waals surface area contributed by atoms with Gasteiger partial charge in [-0.2, -0.15) is 0 Å². The minimum absolute atomic E-state index is 0.0809. The first-order chi connectivity index (χ1) is 15.9. The summed E-state index contributed by atoms with van der Waals surface area (Å²) in [5.74, 6) is -1.60. The molecule has 8 heteroatoms. The van der Waals surface area contributed by atoms with E-state index in [-0.39, 0.29) is 36.2 Å². The largest absolute Gasteiger partial charge is 0.454 e. The Morgan fingerprint density at radius 2 is 1.58 bits per heavy atom. The number of halogens is 1. The molecule has 1 unspecified atom stereocenters. The van der Waals surface area contributed by atoms with Crippen LogP contribution in [0.15, 0.2) is 83.8 Å². The van der Waals surface area contributed by atoms with E-state index < -0.39 is 11.2 Å². The molecular weight excluding hydrogens is 462 g/mol. The number of esters is 1. The molecule has 1 aliphatic rings. The number of carbonyl (C=O) groups is 4. The van der Waals surface area contributed by atoms with Crippen LogP contribution in [0, 0.1) is 0 Å². The lowest BCUT2D eigenvalue weighted by Crippen LogP contribution is -2.31. The first-order valence-electron chi connectivity index (χ1n) is 10.1. The van der Waals surface area contributed by atoms with Crippen molar-refractivity contribution in [3.05, 3.63) is 95.0 Å². The second-order valence-corrected chi connectivity index (χ2v) is 8.96. The molecule has 33 heavy (non-hydrogen) atoms. The van der Waals surface area contributed by atoms with Gasteiger partial charge in [-0.15, -0.1) is 11.8 Å². The van der Waals surface area contributed by atoms with Gasteiger partial charge in [0.05, 0.1) is 16.5 Å². The molecule has 0 aliphatic carbocycles. The first kappa shape index (κ1) is 22.8. The van der Waals surface area contributed by atoms with Crippen LogP contribution in [0.2, 0.25) is 5.02 Å². The van der Waals surface area contributed by atoms with Gasteiger partial charge in [0.2, 0.25) is 11.8 Å². The SMILES string of the molecule is O=C(COC(=O)c1ccc(N2C(=O)CC(Sc3ccc(Cl)cc3)C2=O)cc1)c1ccccc1. The van der Waals surface area contributed by atoms with E-state index in [4.69, 9.17) is 16.3 Å². The molecule has 0 spiro atoms. The van der Waals surface area contributed by atoms with E-state index in [0.717, 1.165) is 9.80 Å². The van der Waals surface area contributed by atoms with Crippen molar-refractivity contribution in [1.29, 1.82) is 0 Å². The summed E-state index contributed by atoms with van der Waals surface area (Å²) in [6, 6.07) is 21.6. The summed E-state index contributed by atoms with van der Waals surface area (Å²) in [5.41, 5.74) is 1.05. The Morgan fingerprint density at radius 3 is 2.24 bits per heavy atom. The van der Waals surface area contributed by atoms with Crippen LogP contribution in [0.5, 0.6) is 0 Å². The highest BCUT2D eigenvalue weighted by molar-refractivity contribution is 8.00. The van der Waals surface area contributed by atoms with Crippen molar-refractivity contribution in [1.82, 2.24) is 0 Å². The predicted octanol–water partition coefficient (Wildman–Crippen LogP) is 4.80. The molecule has 0 aromatic heterocycles. The maximum Gasteiger partial charge on any atom is 0.338 e. The first-order valence-corrected chi connectivity index (χ1v) is 11.3. The number of anilines is 1. The molecule has 0 saturated carbocycles. The van der Waals surface area contributed by atoms with Gasteiger partial charge in [-0.3, -0.25) is 14.4 Å². The number of benzene rings is 3. The van der Waals surface area contributed by atoms with Crippen LogP contribution in [0.1, 0.15) is 27.1 Å². The summed E-state index contributed by atoms with van der Waals surface area (Å²) >= 11 is 7.20. The summed E-state index contributed by atoms with van der Waals surface area (Å²) < 4.78 is 5.10. The van der Waals surface area contributed by atoms with Crippen LogP contribution in [-0.4, -0.2) is 35.4 Å². The second-order valence-electron chi connectivity index (χ2n) is 7.24. The van der Waals surface area contributed by atoms with Crippen LogP contribution in [0.25, 0.3) is 0 Å². The van der Waals surface area contributed by atoms with Crippen molar-refractivity contribution < 1.29 is 23.9 Å². The Morgan fingerprint density at radius 1 is 0.909 bits per heavy atom. The third-order valence-corrected chi connectivity index (χ3v) is 6.44. The zero-order valence-corrected chi connectivity index (χ0v) is 18.8. The Labute approximate surface area is 199 Å². The average Bonchev–Trinajstić information content (AvgIpc) is 3.12. The molecule has 1 heterocycles. The lowest BCUT2D eigenvalue weighted by molar-refractivity contribution is -0.121. The van der Waals surface area contributed by atoms with Crippen molar-refractivity contribution in [3.8, 4) is 0 Å². The Bertz CT molecular complexity index is 1200.